The van der Waals surface area contributed by atoms with E-state index >= 15 is 0 Å². The Hall–Kier alpha value is -1.45. The third-order valence-electron chi connectivity index (χ3n) is 2.41. The highest BCUT2D eigenvalue weighted by Gasteiger charge is 2.15. The van der Waals surface area contributed by atoms with Gasteiger partial charge in [-0.05, 0) is 32.2 Å². The SMILES string of the molecule is CC(C)(C)NC(=O)CSc1nnc(NC(=O)Cc2cccs2)s1. The number of thiophene rings is 1. The molecule has 2 rings (SSSR count). The number of anilines is 1. The summed E-state index contributed by atoms with van der Waals surface area (Å²) in [5.74, 6) is 0.0984. The first-order valence-corrected chi connectivity index (χ1v) is 9.59. The Bertz CT molecular complexity index is 662. The topological polar surface area (TPSA) is 84.0 Å². The monoisotopic (exact) mass is 370 g/mol. The van der Waals surface area contributed by atoms with Crippen molar-refractivity contribution in [1.82, 2.24) is 15.5 Å². The summed E-state index contributed by atoms with van der Waals surface area (Å²) in [6, 6.07) is 3.83. The number of hydrogen-bond acceptors (Lipinski definition) is 7. The van der Waals surface area contributed by atoms with Crippen LogP contribution in [0.3, 0.4) is 0 Å². The zero-order chi connectivity index (χ0) is 16.9. The Morgan fingerprint density at radius 3 is 2.70 bits per heavy atom. The van der Waals surface area contributed by atoms with Gasteiger partial charge >= 0.3 is 0 Å². The van der Waals surface area contributed by atoms with Crippen molar-refractivity contribution in [1.29, 1.82) is 0 Å². The van der Waals surface area contributed by atoms with Gasteiger partial charge in [-0.25, -0.2) is 0 Å². The van der Waals surface area contributed by atoms with Crippen LogP contribution in [0.5, 0.6) is 0 Å². The summed E-state index contributed by atoms with van der Waals surface area (Å²) in [6.07, 6.45) is 0.327. The lowest BCUT2D eigenvalue weighted by Gasteiger charge is -2.19. The molecule has 0 aliphatic carbocycles. The van der Waals surface area contributed by atoms with Gasteiger partial charge in [0, 0.05) is 10.4 Å². The average Bonchev–Trinajstić information content (AvgIpc) is 3.06. The zero-order valence-corrected chi connectivity index (χ0v) is 15.5. The highest BCUT2D eigenvalue weighted by molar-refractivity contribution is 8.01. The summed E-state index contributed by atoms with van der Waals surface area (Å²) in [4.78, 5) is 24.6. The predicted octanol–water partition coefficient (Wildman–Crippen LogP) is 2.79. The molecule has 0 aromatic carbocycles. The number of nitrogens with zero attached hydrogens (tertiary/aromatic N) is 2. The van der Waals surface area contributed by atoms with Crippen molar-refractivity contribution >= 4 is 51.4 Å². The minimum Gasteiger partial charge on any atom is -0.351 e. The van der Waals surface area contributed by atoms with Gasteiger partial charge in [0.1, 0.15) is 0 Å². The molecule has 0 unspecified atom stereocenters. The van der Waals surface area contributed by atoms with Crippen molar-refractivity contribution in [2.45, 2.75) is 37.1 Å². The fourth-order valence-corrected chi connectivity index (χ4v) is 3.91. The standard InChI is InChI=1S/C14H18N4O2S3/c1-14(2,3)16-11(20)8-22-13-18-17-12(23-13)15-10(19)7-9-5-4-6-21-9/h4-6H,7-8H2,1-3H3,(H,16,20)(H,15,17,19). The molecule has 23 heavy (non-hydrogen) atoms. The first-order valence-electron chi connectivity index (χ1n) is 6.91. The largest absolute Gasteiger partial charge is 0.351 e. The average molecular weight is 371 g/mol. The molecular weight excluding hydrogens is 352 g/mol. The maximum absolute atomic E-state index is 11.9. The van der Waals surface area contributed by atoms with Gasteiger partial charge in [-0.3, -0.25) is 9.59 Å². The number of carbonyl (C=O) groups is 2. The molecule has 0 radical (unpaired) electrons. The molecule has 0 saturated heterocycles. The van der Waals surface area contributed by atoms with Crippen molar-refractivity contribution in [3.63, 3.8) is 0 Å². The zero-order valence-electron chi connectivity index (χ0n) is 13.1. The van der Waals surface area contributed by atoms with Gasteiger partial charge in [0.25, 0.3) is 0 Å². The summed E-state index contributed by atoms with van der Waals surface area (Å²) in [6.45, 7) is 5.80. The molecule has 0 aliphatic rings. The normalized spacial score (nSPS) is 11.3. The number of nitrogens with one attached hydrogen (secondary N) is 2. The van der Waals surface area contributed by atoms with E-state index in [0.29, 0.717) is 15.9 Å². The van der Waals surface area contributed by atoms with E-state index in [-0.39, 0.29) is 23.1 Å². The lowest BCUT2D eigenvalue weighted by Crippen LogP contribution is -2.41. The first-order chi connectivity index (χ1) is 10.8. The van der Waals surface area contributed by atoms with E-state index in [0.717, 1.165) is 4.88 Å². The molecule has 0 bridgehead atoms. The highest BCUT2D eigenvalue weighted by atomic mass is 32.2. The molecule has 0 saturated carbocycles. The third kappa shape index (κ3) is 6.67. The lowest BCUT2D eigenvalue weighted by molar-refractivity contribution is -0.120. The molecule has 0 atom stereocenters. The van der Waals surface area contributed by atoms with E-state index in [2.05, 4.69) is 20.8 Å². The fraction of sp³-hybridized carbons (Fsp3) is 0.429. The Morgan fingerprint density at radius 2 is 2.04 bits per heavy atom. The summed E-state index contributed by atoms with van der Waals surface area (Å²) in [7, 11) is 0. The molecular formula is C14H18N4O2S3. The van der Waals surface area contributed by atoms with Crippen LogP contribution in [0, 0.1) is 0 Å². The number of carbonyl (C=O) groups excluding carboxylic acids is 2. The lowest BCUT2D eigenvalue weighted by atomic mass is 10.1. The highest BCUT2D eigenvalue weighted by Crippen LogP contribution is 2.25. The van der Waals surface area contributed by atoms with Crippen LogP contribution in [0.4, 0.5) is 5.13 Å². The Labute approximate surface area is 147 Å². The molecule has 0 spiro atoms. The second-order valence-corrected chi connectivity index (χ2v) is 9.00. The second kappa shape index (κ2) is 7.89. The van der Waals surface area contributed by atoms with Gasteiger partial charge < -0.3 is 10.6 Å². The maximum atomic E-state index is 11.9. The van der Waals surface area contributed by atoms with Crippen molar-refractivity contribution in [3.05, 3.63) is 22.4 Å². The van der Waals surface area contributed by atoms with E-state index in [1.807, 2.05) is 38.3 Å². The van der Waals surface area contributed by atoms with Crippen LogP contribution in [0.2, 0.25) is 0 Å². The van der Waals surface area contributed by atoms with Crippen LogP contribution in [-0.2, 0) is 16.0 Å². The maximum Gasteiger partial charge on any atom is 0.231 e. The quantitative estimate of drug-likeness (QED) is 0.603. The molecule has 2 amide bonds. The van der Waals surface area contributed by atoms with Crippen LogP contribution in [0.1, 0.15) is 25.6 Å². The molecule has 2 N–H and O–H groups in total. The summed E-state index contributed by atoms with van der Waals surface area (Å²) in [5, 5.41) is 15.9. The van der Waals surface area contributed by atoms with Gasteiger partial charge in [0.15, 0.2) is 4.34 Å². The molecule has 124 valence electrons. The number of thioether (sulfide) groups is 1. The molecule has 2 aromatic rings. The first kappa shape index (κ1) is 17.9. The van der Waals surface area contributed by atoms with Crippen LogP contribution in [-0.4, -0.2) is 33.3 Å². The van der Waals surface area contributed by atoms with E-state index in [1.54, 1.807) is 11.3 Å². The number of aromatic nitrogens is 2. The van der Waals surface area contributed by atoms with Gasteiger partial charge in [0.2, 0.25) is 16.9 Å². The van der Waals surface area contributed by atoms with Gasteiger partial charge in [0.05, 0.1) is 12.2 Å². The van der Waals surface area contributed by atoms with E-state index in [1.165, 1.54) is 23.1 Å². The van der Waals surface area contributed by atoms with Gasteiger partial charge in [-0.1, -0.05) is 29.2 Å². The summed E-state index contributed by atoms with van der Waals surface area (Å²) < 4.78 is 0.653. The van der Waals surface area contributed by atoms with Crippen molar-refractivity contribution in [2.24, 2.45) is 0 Å². The second-order valence-electron chi connectivity index (χ2n) is 5.76. The number of amides is 2. The van der Waals surface area contributed by atoms with Crippen molar-refractivity contribution in [2.75, 3.05) is 11.1 Å². The van der Waals surface area contributed by atoms with E-state index < -0.39 is 0 Å². The van der Waals surface area contributed by atoms with Gasteiger partial charge in [-0.15, -0.1) is 21.5 Å². The molecule has 0 aliphatic heterocycles. The number of hydrogen-bond donors (Lipinski definition) is 2. The molecule has 9 heteroatoms. The van der Waals surface area contributed by atoms with E-state index in [4.69, 9.17) is 0 Å². The van der Waals surface area contributed by atoms with Crippen LogP contribution in [0.25, 0.3) is 0 Å². The van der Waals surface area contributed by atoms with Crippen molar-refractivity contribution in [3.8, 4) is 0 Å². The molecule has 2 heterocycles. The van der Waals surface area contributed by atoms with E-state index in [9.17, 15) is 9.59 Å². The minimum absolute atomic E-state index is 0.0546. The Morgan fingerprint density at radius 1 is 1.26 bits per heavy atom. The fourth-order valence-electron chi connectivity index (χ4n) is 1.64. The molecule has 0 fully saturated rings. The Kier molecular flexibility index (Phi) is 6.14. The smallest absolute Gasteiger partial charge is 0.231 e. The van der Waals surface area contributed by atoms with Crippen LogP contribution >= 0.6 is 34.4 Å². The predicted molar refractivity (Wildman–Crippen MR) is 95.2 cm³/mol. The van der Waals surface area contributed by atoms with Crippen LogP contribution in [0.15, 0.2) is 21.9 Å². The Balaban J connectivity index is 1.79. The molecule has 2 aromatic heterocycles. The van der Waals surface area contributed by atoms with Crippen LogP contribution < -0.4 is 10.6 Å². The van der Waals surface area contributed by atoms with Crippen molar-refractivity contribution < 1.29 is 9.59 Å². The summed E-state index contributed by atoms with van der Waals surface area (Å²) in [5.41, 5.74) is -0.250. The number of rotatable bonds is 6. The third-order valence-corrected chi connectivity index (χ3v) is 5.26. The summed E-state index contributed by atoms with van der Waals surface area (Å²) >= 11 is 4.11. The minimum atomic E-state index is -0.250. The molecule has 6 nitrogen and oxygen atoms in total. The van der Waals surface area contributed by atoms with Gasteiger partial charge in [-0.2, -0.15) is 0 Å².